The van der Waals surface area contributed by atoms with E-state index in [1.807, 2.05) is 49.3 Å². The number of aromatic nitrogens is 2. The van der Waals surface area contributed by atoms with Crippen molar-refractivity contribution in [2.75, 3.05) is 39.6 Å². The number of pyridine rings is 1. The molecule has 0 aliphatic rings. The summed E-state index contributed by atoms with van der Waals surface area (Å²) in [5.74, 6) is 0.583. The average molecular weight is 371 g/mol. The van der Waals surface area contributed by atoms with Crippen LogP contribution < -0.4 is 15.4 Å². The first-order chi connectivity index (χ1) is 12.5. The summed E-state index contributed by atoms with van der Waals surface area (Å²) in [5.41, 5.74) is 2.89. The normalized spacial score (nSPS) is 10.9. The van der Waals surface area contributed by atoms with Crippen molar-refractivity contribution in [1.82, 2.24) is 20.2 Å². The maximum Gasteiger partial charge on any atom is 0.321 e. The van der Waals surface area contributed by atoms with Gasteiger partial charge in [-0.2, -0.15) is 0 Å². The summed E-state index contributed by atoms with van der Waals surface area (Å²) in [6.07, 6.45) is 1.78. The fourth-order valence-electron chi connectivity index (χ4n) is 2.36. The molecule has 0 bridgehead atoms. The number of carbonyl (C=O) groups excluding carboxylic acids is 1. The lowest BCUT2D eigenvalue weighted by molar-refractivity contribution is 0.250. The van der Waals surface area contributed by atoms with Gasteiger partial charge in [0.2, 0.25) is 5.88 Å². The summed E-state index contributed by atoms with van der Waals surface area (Å²) in [5, 5.41) is 6.18. The Morgan fingerprint density at radius 1 is 1.23 bits per heavy atom. The number of urea groups is 1. The Kier molecular flexibility index (Phi) is 5.65. The molecule has 0 atom stereocenters. The number of benzene rings is 1. The van der Waals surface area contributed by atoms with Gasteiger partial charge in [-0.25, -0.2) is 14.8 Å². The molecule has 0 fully saturated rings. The number of hydrogen-bond donors (Lipinski definition) is 2. The van der Waals surface area contributed by atoms with Gasteiger partial charge in [0.25, 0.3) is 0 Å². The Morgan fingerprint density at radius 3 is 2.73 bits per heavy atom. The number of likely N-dealkylation sites (N-methyl/N-ethyl adjacent to an activating group) is 1. The lowest BCUT2D eigenvalue weighted by atomic mass is 10.1. The van der Waals surface area contributed by atoms with E-state index in [4.69, 9.17) is 4.74 Å². The summed E-state index contributed by atoms with van der Waals surface area (Å²) >= 11 is 1.44. The van der Waals surface area contributed by atoms with Gasteiger partial charge in [0.15, 0.2) is 5.13 Å². The van der Waals surface area contributed by atoms with E-state index in [1.54, 1.807) is 13.3 Å². The molecular weight excluding hydrogens is 350 g/mol. The first-order valence-corrected chi connectivity index (χ1v) is 8.97. The fraction of sp³-hybridized carbons (Fsp3) is 0.278. The number of rotatable bonds is 6. The number of fused-ring (bicyclic) bond motifs is 1. The van der Waals surface area contributed by atoms with Crippen molar-refractivity contribution in [3.63, 3.8) is 0 Å². The van der Waals surface area contributed by atoms with Gasteiger partial charge in [-0.15, -0.1) is 0 Å². The number of anilines is 1. The van der Waals surface area contributed by atoms with E-state index in [2.05, 4.69) is 20.6 Å². The monoisotopic (exact) mass is 371 g/mol. The number of nitrogens with one attached hydrogen (secondary N) is 2. The first-order valence-electron chi connectivity index (χ1n) is 8.16. The first kappa shape index (κ1) is 18.1. The van der Waals surface area contributed by atoms with E-state index in [0.29, 0.717) is 17.6 Å². The third-order valence-electron chi connectivity index (χ3n) is 3.73. The van der Waals surface area contributed by atoms with Crippen LogP contribution >= 0.6 is 11.3 Å². The Hall–Kier alpha value is -2.71. The third-order valence-corrected chi connectivity index (χ3v) is 4.67. The number of carbonyl (C=O) groups is 1. The largest absolute Gasteiger partial charge is 0.481 e. The van der Waals surface area contributed by atoms with Crippen LogP contribution in [0.15, 0.2) is 36.5 Å². The Morgan fingerprint density at radius 2 is 2.04 bits per heavy atom. The highest BCUT2D eigenvalue weighted by Gasteiger charge is 2.09. The van der Waals surface area contributed by atoms with Crippen molar-refractivity contribution >= 4 is 32.7 Å². The van der Waals surface area contributed by atoms with Gasteiger partial charge >= 0.3 is 6.03 Å². The molecule has 26 heavy (non-hydrogen) atoms. The summed E-state index contributed by atoms with van der Waals surface area (Å²) < 4.78 is 6.09. The second kappa shape index (κ2) is 8.11. The number of amides is 2. The molecule has 0 radical (unpaired) electrons. The number of hydrogen-bond acceptors (Lipinski definition) is 6. The Balaban J connectivity index is 1.71. The molecule has 0 saturated carbocycles. The number of methoxy groups -OCH3 is 1. The standard InChI is InChI=1S/C18H21N5O2S/c1-23(2)9-8-19-17(24)22-18-21-14-6-4-12(10-15(14)26-18)13-5-7-16(25-3)20-11-13/h4-7,10-11H,8-9H2,1-3H3,(H2,19,21,22,24). The highest BCUT2D eigenvalue weighted by molar-refractivity contribution is 7.22. The third kappa shape index (κ3) is 4.47. The van der Waals surface area contributed by atoms with Gasteiger partial charge in [-0.1, -0.05) is 17.4 Å². The average Bonchev–Trinajstić information content (AvgIpc) is 3.02. The van der Waals surface area contributed by atoms with Crippen molar-refractivity contribution < 1.29 is 9.53 Å². The van der Waals surface area contributed by atoms with Crippen LogP contribution in [0, 0.1) is 0 Å². The Bertz CT molecular complexity index is 892. The zero-order chi connectivity index (χ0) is 18.5. The van der Waals surface area contributed by atoms with Crippen molar-refractivity contribution in [1.29, 1.82) is 0 Å². The second-order valence-corrected chi connectivity index (χ2v) is 7.01. The predicted molar refractivity (Wildman–Crippen MR) is 105 cm³/mol. The molecule has 1 aromatic carbocycles. The molecule has 2 aromatic heterocycles. The Labute approximate surface area is 156 Å². The van der Waals surface area contributed by atoms with Crippen LogP contribution in [0.1, 0.15) is 0 Å². The van der Waals surface area contributed by atoms with E-state index in [9.17, 15) is 4.79 Å². The summed E-state index contributed by atoms with van der Waals surface area (Å²) in [6.45, 7) is 1.37. The van der Waals surface area contributed by atoms with Crippen LogP contribution in [0.2, 0.25) is 0 Å². The van der Waals surface area contributed by atoms with Gasteiger partial charge in [0, 0.05) is 30.9 Å². The SMILES string of the molecule is COc1ccc(-c2ccc3nc(NC(=O)NCCN(C)C)sc3c2)cn1. The molecule has 0 aliphatic carbocycles. The lowest BCUT2D eigenvalue weighted by Crippen LogP contribution is -2.34. The van der Waals surface area contributed by atoms with Crippen LogP contribution in [0.4, 0.5) is 9.93 Å². The number of nitrogens with zero attached hydrogens (tertiary/aromatic N) is 3. The molecule has 0 saturated heterocycles. The zero-order valence-corrected chi connectivity index (χ0v) is 15.8. The van der Waals surface area contributed by atoms with Crippen molar-refractivity contribution in [2.24, 2.45) is 0 Å². The van der Waals surface area contributed by atoms with E-state index >= 15 is 0 Å². The van der Waals surface area contributed by atoms with E-state index < -0.39 is 0 Å². The highest BCUT2D eigenvalue weighted by atomic mass is 32.1. The molecule has 2 heterocycles. The summed E-state index contributed by atoms with van der Waals surface area (Å²) in [4.78, 5) is 22.6. The fourth-order valence-corrected chi connectivity index (χ4v) is 3.26. The number of thiazole rings is 1. The summed E-state index contributed by atoms with van der Waals surface area (Å²) in [7, 11) is 5.52. The van der Waals surface area contributed by atoms with Crippen molar-refractivity contribution in [2.45, 2.75) is 0 Å². The van der Waals surface area contributed by atoms with Gasteiger partial charge < -0.3 is 15.0 Å². The molecule has 136 valence electrons. The minimum atomic E-state index is -0.245. The molecule has 2 amide bonds. The quantitative estimate of drug-likeness (QED) is 0.696. The lowest BCUT2D eigenvalue weighted by Gasteiger charge is -2.10. The molecule has 0 spiro atoms. The van der Waals surface area contributed by atoms with Crippen LogP contribution in [0.3, 0.4) is 0 Å². The predicted octanol–water partition coefficient (Wildman–Crippen LogP) is 3.05. The van der Waals surface area contributed by atoms with Crippen LogP contribution in [-0.4, -0.2) is 55.2 Å². The zero-order valence-electron chi connectivity index (χ0n) is 14.9. The van der Waals surface area contributed by atoms with Crippen molar-refractivity contribution in [3.8, 4) is 17.0 Å². The molecule has 0 unspecified atom stereocenters. The molecule has 3 rings (SSSR count). The minimum Gasteiger partial charge on any atom is -0.481 e. The molecule has 3 aromatic rings. The van der Waals surface area contributed by atoms with E-state index in [0.717, 1.165) is 27.9 Å². The van der Waals surface area contributed by atoms with Gasteiger partial charge in [0.1, 0.15) is 0 Å². The molecular formula is C18H21N5O2S. The molecule has 8 heteroatoms. The maximum atomic E-state index is 11.9. The second-order valence-electron chi connectivity index (χ2n) is 5.97. The smallest absolute Gasteiger partial charge is 0.321 e. The van der Waals surface area contributed by atoms with Crippen molar-refractivity contribution in [3.05, 3.63) is 36.5 Å². The minimum absolute atomic E-state index is 0.245. The van der Waals surface area contributed by atoms with E-state index in [1.165, 1.54) is 11.3 Å². The van der Waals surface area contributed by atoms with E-state index in [-0.39, 0.29) is 6.03 Å². The van der Waals surface area contributed by atoms with Crippen LogP contribution in [-0.2, 0) is 0 Å². The number of ether oxygens (including phenoxy) is 1. The van der Waals surface area contributed by atoms with Gasteiger partial charge in [-0.05, 0) is 37.9 Å². The van der Waals surface area contributed by atoms with Gasteiger partial charge in [0.05, 0.1) is 17.3 Å². The highest BCUT2D eigenvalue weighted by Crippen LogP contribution is 2.30. The van der Waals surface area contributed by atoms with Crippen LogP contribution in [0.25, 0.3) is 21.3 Å². The summed E-state index contributed by atoms with van der Waals surface area (Å²) in [6, 6.07) is 9.53. The molecule has 7 nitrogen and oxygen atoms in total. The van der Waals surface area contributed by atoms with Crippen LogP contribution in [0.5, 0.6) is 5.88 Å². The topological polar surface area (TPSA) is 79.4 Å². The molecule has 0 aliphatic heterocycles. The maximum absolute atomic E-state index is 11.9. The van der Waals surface area contributed by atoms with Gasteiger partial charge in [-0.3, -0.25) is 5.32 Å². The molecule has 2 N–H and O–H groups in total.